The lowest BCUT2D eigenvalue weighted by Gasteiger charge is -2.45. The summed E-state index contributed by atoms with van der Waals surface area (Å²) in [6.07, 6.45) is 1.92. The van der Waals surface area contributed by atoms with E-state index < -0.39 is 0 Å². The van der Waals surface area contributed by atoms with Crippen molar-refractivity contribution in [3.8, 4) is 0 Å². The molecule has 2 aromatic rings. The van der Waals surface area contributed by atoms with Crippen LogP contribution in [0.15, 0.2) is 54.6 Å². The molecule has 0 aromatic heterocycles. The molecule has 2 N–H and O–H groups in total. The molecule has 1 heterocycles. The van der Waals surface area contributed by atoms with Crippen molar-refractivity contribution >= 4 is 11.5 Å². The second kappa shape index (κ2) is 8.26. The van der Waals surface area contributed by atoms with Crippen LogP contribution in [0.5, 0.6) is 0 Å². The first-order valence-electron chi connectivity index (χ1n) is 10.0. The van der Waals surface area contributed by atoms with Crippen LogP contribution in [-0.2, 0) is 16.6 Å². The average molecular weight is 365 g/mol. The van der Waals surface area contributed by atoms with Gasteiger partial charge in [0, 0.05) is 24.7 Å². The molecular weight excluding hydrogens is 332 g/mol. The minimum absolute atomic E-state index is 0.0660. The Hall–Kier alpha value is -2.13. The maximum absolute atomic E-state index is 12.2. The molecule has 3 nitrogen and oxygen atoms in total. The molecule has 3 atom stereocenters. The number of carbonyl (C=O) groups is 1. The first-order valence-corrected chi connectivity index (χ1v) is 10.0. The van der Waals surface area contributed by atoms with E-state index in [4.69, 9.17) is 5.73 Å². The number of piperidine rings is 1. The molecule has 0 radical (unpaired) electrons. The molecule has 144 valence electrons. The lowest BCUT2D eigenvalue weighted by molar-refractivity contribution is -0.121. The summed E-state index contributed by atoms with van der Waals surface area (Å²) < 4.78 is 0. The second-order valence-corrected chi connectivity index (χ2v) is 8.45. The summed E-state index contributed by atoms with van der Waals surface area (Å²) in [4.78, 5) is 14.7. The fraction of sp³-hybridized carbons (Fsp3) is 0.458. The summed E-state index contributed by atoms with van der Waals surface area (Å²) in [5, 5.41) is 0. The first kappa shape index (κ1) is 19.6. The van der Waals surface area contributed by atoms with Crippen molar-refractivity contribution in [2.75, 3.05) is 25.4 Å². The maximum Gasteiger partial charge on any atom is 0.134 e. The molecule has 0 saturated carbocycles. The Labute approximate surface area is 163 Å². The summed E-state index contributed by atoms with van der Waals surface area (Å²) in [7, 11) is 0. The van der Waals surface area contributed by atoms with Gasteiger partial charge >= 0.3 is 0 Å². The Morgan fingerprint density at radius 1 is 1.22 bits per heavy atom. The standard InChI is InChI=1S/C24H32N2O/c1-18-16-26(13-12-24(18,3)22-10-7-11-23(25)15-22)17-21(19(2)27)14-20-8-5-4-6-9-20/h4-11,15,18,21H,12-14,16-17,25H2,1-3H3. The zero-order valence-corrected chi connectivity index (χ0v) is 16.8. The molecule has 1 aliphatic rings. The predicted molar refractivity (Wildman–Crippen MR) is 113 cm³/mol. The summed E-state index contributed by atoms with van der Waals surface area (Å²) in [5.41, 5.74) is 9.57. The van der Waals surface area contributed by atoms with Crippen LogP contribution < -0.4 is 5.73 Å². The minimum Gasteiger partial charge on any atom is -0.399 e. The topological polar surface area (TPSA) is 46.3 Å². The number of Topliss-reactive ketones (excluding diaryl/α,β-unsaturated/α-hetero) is 1. The number of nitrogen functional groups attached to an aromatic ring is 1. The number of benzene rings is 2. The molecule has 1 aliphatic heterocycles. The van der Waals surface area contributed by atoms with Gasteiger partial charge in [0.2, 0.25) is 0 Å². The highest BCUT2D eigenvalue weighted by Crippen LogP contribution is 2.40. The monoisotopic (exact) mass is 364 g/mol. The Kier molecular flexibility index (Phi) is 6.01. The van der Waals surface area contributed by atoms with Gasteiger partial charge in [-0.2, -0.15) is 0 Å². The van der Waals surface area contributed by atoms with Gasteiger partial charge in [-0.25, -0.2) is 0 Å². The first-order chi connectivity index (χ1) is 12.9. The number of nitrogens with two attached hydrogens (primary N) is 1. The highest BCUT2D eigenvalue weighted by Gasteiger charge is 2.38. The van der Waals surface area contributed by atoms with Gasteiger partial charge in [0.1, 0.15) is 5.78 Å². The van der Waals surface area contributed by atoms with E-state index in [-0.39, 0.29) is 17.1 Å². The van der Waals surface area contributed by atoms with Crippen LogP contribution in [-0.4, -0.2) is 30.3 Å². The summed E-state index contributed by atoms with van der Waals surface area (Å²) in [6.45, 7) is 9.31. The van der Waals surface area contributed by atoms with Gasteiger partial charge in [0.05, 0.1) is 0 Å². The van der Waals surface area contributed by atoms with Gasteiger partial charge in [0.15, 0.2) is 0 Å². The molecule has 1 saturated heterocycles. The average Bonchev–Trinajstić information content (AvgIpc) is 2.65. The number of anilines is 1. The SMILES string of the molecule is CC(=O)C(Cc1ccccc1)CN1CCC(C)(c2cccc(N)c2)C(C)C1. The summed E-state index contributed by atoms with van der Waals surface area (Å²) in [6, 6.07) is 18.7. The third-order valence-corrected chi connectivity index (χ3v) is 6.49. The number of rotatable bonds is 6. The lowest BCUT2D eigenvalue weighted by atomic mass is 9.68. The molecule has 1 fully saturated rings. The van der Waals surface area contributed by atoms with Crippen molar-refractivity contribution in [3.63, 3.8) is 0 Å². The molecular formula is C24H32N2O. The van der Waals surface area contributed by atoms with Crippen LogP contribution in [0.4, 0.5) is 5.69 Å². The molecule has 0 bridgehead atoms. The smallest absolute Gasteiger partial charge is 0.134 e. The van der Waals surface area contributed by atoms with Crippen LogP contribution in [0.1, 0.15) is 38.3 Å². The molecule has 0 spiro atoms. The Balaban J connectivity index is 1.67. The summed E-state index contributed by atoms with van der Waals surface area (Å²) in [5.74, 6) is 0.865. The summed E-state index contributed by atoms with van der Waals surface area (Å²) >= 11 is 0. The third-order valence-electron chi connectivity index (χ3n) is 6.49. The predicted octanol–water partition coefficient (Wildman–Crippen LogP) is 4.32. The van der Waals surface area contributed by atoms with Crippen molar-refractivity contribution in [1.29, 1.82) is 0 Å². The van der Waals surface area contributed by atoms with Gasteiger partial charge in [-0.05, 0) is 60.9 Å². The van der Waals surface area contributed by atoms with E-state index in [1.807, 2.05) is 24.3 Å². The zero-order valence-electron chi connectivity index (χ0n) is 16.8. The Morgan fingerprint density at radius 2 is 1.96 bits per heavy atom. The minimum atomic E-state index is 0.0660. The van der Waals surface area contributed by atoms with Crippen molar-refractivity contribution < 1.29 is 4.79 Å². The number of nitrogens with zero attached hydrogens (tertiary/aromatic N) is 1. The van der Waals surface area contributed by atoms with E-state index in [1.54, 1.807) is 6.92 Å². The number of hydrogen-bond acceptors (Lipinski definition) is 3. The van der Waals surface area contributed by atoms with Gasteiger partial charge in [0.25, 0.3) is 0 Å². The van der Waals surface area contributed by atoms with Crippen LogP contribution in [0.3, 0.4) is 0 Å². The van der Waals surface area contributed by atoms with E-state index in [9.17, 15) is 4.79 Å². The molecule has 3 unspecified atom stereocenters. The normalized spacial score (nSPS) is 24.5. The van der Waals surface area contributed by atoms with E-state index in [0.29, 0.717) is 5.92 Å². The van der Waals surface area contributed by atoms with Crippen molar-refractivity contribution in [2.24, 2.45) is 11.8 Å². The second-order valence-electron chi connectivity index (χ2n) is 8.45. The molecule has 0 amide bonds. The van der Waals surface area contributed by atoms with Crippen LogP contribution in [0.25, 0.3) is 0 Å². The van der Waals surface area contributed by atoms with Crippen molar-refractivity contribution in [1.82, 2.24) is 4.90 Å². The number of ketones is 1. The van der Waals surface area contributed by atoms with Crippen LogP contribution in [0.2, 0.25) is 0 Å². The Morgan fingerprint density at radius 3 is 2.59 bits per heavy atom. The molecule has 3 rings (SSSR count). The maximum atomic E-state index is 12.2. The number of carbonyl (C=O) groups excluding carboxylic acids is 1. The van der Waals surface area contributed by atoms with Crippen molar-refractivity contribution in [2.45, 2.75) is 39.0 Å². The Bertz CT molecular complexity index is 773. The molecule has 2 aromatic carbocycles. The molecule has 27 heavy (non-hydrogen) atoms. The van der Waals surface area contributed by atoms with Gasteiger partial charge in [-0.3, -0.25) is 4.79 Å². The number of hydrogen-bond donors (Lipinski definition) is 1. The van der Waals surface area contributed by atoms with Crippen molar-refractivity contribution in [3.05, 3.63) is 65.7 Å². The number of likely N-dealkylation sites (tertiary alicyclic amines) is 1. The quantitative estimate of drug-likeness (QED) is 0.777. The van der Waals surface area contributed by atoms with Gasteiger partial charge in [-0.1, -0.05) is 56.3 Å². The zero-order chi connectivity index (χ0) is 19.4. The van der Waals surface area contributed by atoms with E-state index in [2.05, 4.69) is 49.1 Å². The molecule has 3 heteroatoms. The van der Waals surface area contributed by atoms with Crippen LogP contribution >= 0.6 is 0 Å². The fourth-order valence-electron chi connectivity index (χ4n) is 4.35. The highest BCUT2D eigenvalue weighted by molar-refractivity contribution is 5.78. The van der Waals surface area contributed by atoms with E-state index >= 15 is 0 Å². The van der Waals surface area contributed by atoms with Gasteiger partial charge in [-0.15, -0.1) is 0 Å². The largest absolute Gasteiger partial charge is 0.399 e. The molecule has 0 aliphatic carbocycles. The lowest BCUT2D eigenvalue weighted by Crippen LogP contribution is -2.49. The van der Waals surface area contributed by atoms with Gasteiger partial charge < -0.3 is 10.6 Å². The van der Waals surface area contributed by atoms with Crippen LogP contribution in [0, 0.1) is 11.8 Å². The van der Waals surface area contributed by atoms with E-state index in [1.165, 1.54) is 11.1 Å². The third kappa shape index (κ3) is 4.59. The van der Waals surface area contributed by atoms with E-state index in [0.717, 1.165) is 38.2 Å². The fourth-order valence-corrected chi connectivity index (χ4v) is 4.35. The highest BCUT2D eigenvalue weighted by atomic mass is 16.1.